The zero-order valence-corrected chi connectivity index (χ0v) is 28.5. The van der Waals surface area contributed by atoms with Crippen LogP contribution in [0.25, 0.3) is 11.1 Å². The summed E-state index contributed by atoms with van der Waals surface area (Å²) in [7, 11) is 2.07. The molecule has 5 aromatic carbocycles. The van der Waals surface area contributed by atoms with E-state index in [1.54, 1.807) is 18.2 Å². The number of nitrogens with zero attached hydrogens (tertiary/aromatic N) is 1. The molecule has 2 N–H and O–H groups in total. The highest BCUT2D eigenvalue weighted by Gasteiger charge is 2.34. The number of carbonyl (C=O) groups is 1. The fourth-order valence-corrected chi connectivity index (χ4v) is 6.30. The summed E-state index contributed by atoms with van der Waals surface area (Å²) < 4.78 is 82.3. The number of halogens is 5. The lowest BCUT2D eigenvalue weighted by Gasteiger charge is -2.39. The third-order valence-electron chi connectivity index (χ3n) is 9.36. The van der Waals surface area contributed by atoms with E-state index in [1.807, 2.05) is 72.8 Å². The smallest absolute Gasteiger partial charge is 0.257 e. The van der Waals surface area contributed by atoms with Gasteiger partial charge in [-0.2, -0.15) is 0 Å². The first-order valence-corrected chi connectivity index (χ1v) is 16.8. The second-order valence-corrected chi connectivity index (χ2v) is 12.8. The normalized spacial score (nSPS) is 18.0. The Morgan fingerprint density at radius 2 is 1.40 bits per heavy atom. The molecule has 6 nitrogen and oxygen atoms in total. The zero-order chi connectivity index (χ0) is 36.9. The fraction of sp³-hybridized carbons (Fsp3) is 0.244. The first-order chi connectivity index (χ1) is 25.0. The highest BCUT2D eigenvalue weighted by molar-refractivity contribution is 5.94. The summed E-state index contributed by atoms with van der Waals surface area (Å²) in [6.45, 7) is 2.49. The van der Waals surface area contributed by atoms with E-state index >= 15 is 0 Å². The van der Waals surface area contributed by atoms with Gasteiger partial charge >= 0.3 is 0 Å². The van der Waals surface area contributed by atoms with Gasteiger partial charge in [0.1, 0.15) is 5.56 Å². The average Bonchev–Trinajstić information content (AvgIpc) is 3.18. The van der Waals surface area contributed by atoms with Crippen molar-refractivity contribution in [2.45, 2.75) is 51.0 Å². The van der Waals surface area contributed by atoms with E-state index in [2.05, 4.69) is 36.3 Å². The molecule has 4 atom stereocenters. The van der Waals surface area contributed by atoms with E-state index in [9.17, 15) is 31.9 Å². The highest BCUT2D eigenvalue weighted by Crippen LogP contribution is 2.39. The van der Waals surface area contributed by atoms with Crippen LogP contribution in [0, 0.1) is 29.1 Å². The van der Waals surface area contributed by atoms with Crippen molar-refractivity contribution >= 4 is 5.91 Å². The fourth-order valence-electron chi connectivity index (χ4n) is 6.30. The quantitative estimate of drug-likeness (QED) is 0.0814. The molecule has 1 aliphatic heterocycles. The summed E-state index contributed by atoms with van der Waals surface area (Å²) in [4.78, 5) is 14.8. The highest BCUT2D eigenvalue weighted by atomic mass is 19.2. The van der Waals surface area contributed by atoms with Crippen LogP contribution < -0.4 is 5.32 Å². The van der Waals surface area contributed by atoms with Crippen molar-refractivity contribution in [1.82, 2.24) is 10.2 Å². The predicted molar refractivity (Wildman–Crippen MR) is 185 cm³/mol. The van der Waals surface area contributed by atoms with Gasteiger partial charge in [0.15, 0.2) is 29.6 Å². The summed E-state index contributed by atoms with van der Waals surface area (Å²) in [6.07, 6.45) is -0.583. The summed E-state index contributed by atoms with van der Waals surface area (Å²) in [5.74, 6) is -12.6. The topological polar surface area (TPSA) is 71.0 Å². The molecule has 5 aromatic rings. The van der Waals surface area contributed by atoms with Crippen LogP contribution in [0.2, 0.25) is 0 Å². The number of hydrogen-bond acceptors (Lipinski definition) is 5. The van der Waals surface area contributed by atoms with Crippen LogP contribution in [-0.2, 0) is 22.6 Å². The SMILES string of the molecule is C[C@@H](c1ccccc1)N(C)C[C@H]1C[C@@H](c2ccc(CO)cc2)O[C@@H](c2cccc(-c3cccc(CNC(=O)c4c(F)c(F)c(F)c(F)c4F)c3)c2)O1. The van der Waals surface area contributed by atoms with E-state index in [1.165, 1.54) is 5.56 Å². The molecule has 0 bridgehead atoms. The number of hydrogen-bond donors (Lipinski definition) is 2. The number of likely N-dealkylation sites (N-methyl/N-ethyl adjacent to an activating group) is 1. The van der Waals surface area contributed by atoms with Crippen molar-refractivity contribution in [3.63, 3.8) is 0 Å². The minimum Gasteiger partial charge on any atom is -0.392 e. The lowest BCUT2D eigenvalue weighted by atomic mass is 9.98. The molecule has 0 spiro atoms. The molecule has 1 saturated heterocycles. The molecule has 1 heterocycles. The van der Waals surface area contributed by atoms with E-state index in [-0.39, 0.29) is 31.4 Å². The molecule has 1 aliphatic rings. The van der Waals surface area contributed by atoms with Crippen LogP contribution >= 0.6 is 0 Å². The van der Waals surface area contributed by atoms with E-state index in [4.69, 9.17) is 9.47 Å². The van der Waals surface area contributed by atoms with Crippen molar-refractivity contribution < 1.29 is 41.3 Å². The minimum atomic E-state index is -2.33. The molecule has 6 rings (SSSR count). The molecule has 270 valence electrons. The minimum absolute atomic E-state index is 0.0615. The van der Waals surface area contributed by atoms with Crippen LogP contribution in [-0.4, -0.2) is 35.6 Å². The number of aliphatic hydroxyl groups is 1. The summed E-state index contributed by atoms with van der Waals surface area (Å²) in [5, 5.41) is 11.8. The van der Waals surface area contributed by atoms with Crippen LogP contribution in [0.15, 0.2) is 103 Å². The third-order valence-corrected chi connectivity index (χ3v) is 9.36. The Hall–Kier alpha value is -4.94. The summed E-state index contributed by atoms with van der Waals surface area (Å²) >= 11 is 0. The largest absolute Gasteiger partial charge is 0.392 e. The molecular weight excluding hydrogens is 679 g/mol. The average molecular weight is 717 g/mol. The van der Waals surface area contributed by atoms with Crippen molar-refractivity contribution in [2.75, 3.05) is 13.6 Å². The van der Waals surface area contributed by atoms with Gasteiger partial charge in [-0.1, -0.05) is 91.0 Å². The van der Waals surface area contributed by atoms with Crippen molar-refractivity contribution in [2.24, 2.45) is 0 Å². The number of nitrogens with one attached hydrogen (secondary N) is 1. The second-order valence-electron chi connectivity index (χ2n) is 12.8. The molecule has 0 unspecified atom stereocenters. The van der Waals surface area contributed by atoms with E-state index in [0.717, 1.165) is 27.8 Å². The predicted octanol–water partition coefficient (Wildman–Crippen LogP) is 8.71. The zero-order valence-electron chi connectivity index (χ0n) is 28.5. The second kappa shape index (κ2) is 16.2. The number of rotatable bonds is 11. The van der Waals surface area contributed by atoms with Gasteiger partial charge in [-0.05, 0) is 59.5 Å². The molecule has 0 saturated carbocycles. The molecule has 1 fully saturated rings. The van der Waals surface area contributed by atoms with Crippen molar-refractivity contribution in [3.05, 3.63) is 166 Å². The summed E-state index contributed by atoms with van der Waals surface area (Å²) in [6, 6.07) is 32.6. The van der Waals surface area contributed by atoms with Gasteiger partial charge in [-0.15, -0.1) is 0 Å². The van der Waals surface area contributed by atoms with Crippen LogP contribution in [0.1, 0.15) is 70.0 Å². The van der Waals surface area contributed by atoms with Crippen molar-refractivity contribution in [1.29, 1.82) is 0 Å². The number of ether oxygens (including phenoxy) is 2. The molecule has 1 amide bonds. The molecule has 52 heavy (non-hydrogen) atoms. The Labute approximate surface area is 298 Å². The van der Waals surface area contributed by atoms with E-state index < -0.39 is 46.8 Å². The molecular formula is C41H37F5N2O4. The molecule has 11 heteroatoms. The van der Waals surface area contributed by atoms with Gasteiger partial charge in [0.2, 0.25) is 5.82 Å². The monoisotopic (exact) mass is 716 g/mol. The van der Waals surface area contributed by atoms with Crippen LogP contribution in [0.4, 0.5) is 22.0 Å². The summed E-state index contributed by atoms with van der Waals surface area (Å²) in [5.41, 5.74) is 4.23. The van der Waals surface area contributed by atoms with Gasteiger partial charge in [-0.25, -0.2) is 22.0 Å². The van der Waals surface area contributed by atoms with Crippen LogP contribution in [0.5, 0.6) is 0 Å². The maximum absolute atomic E-state index is 14.2. The van der Waals surface area contributed by atoms with Gasteiger partial charge in [0.05, 0.1) is 18.8 Å². The third kappa shape index (κ3) is 8.08. The van der Waals surface area contributed by atoms with E-state index in [0.29, 0.717) is 18.5 Å². The number of benzene rings is 5. The first kappa shape index (κ1) is 36.8. The molecule has 0 aliphatic carbocycles. The van der Waals surface area contributed by atoms with Gasteiger partial charge < -0.3 is 19.9 Å². The Kier molecular flexibility index (Phi) is 11.5. The lowest BCUT2D eigenvalue weighted by molar-refractivity contribution is -0.253. The Bertz CT molecular complexity index is 2000. The van der Waals surface area contributed by atoms with Crippen molar-refractivity contribution in [3.8, 4) is 11.1 Å². The molecule has 0 aromatic heterocycles. The number of amides is 1. The maximum Gasteiger partial charge on any atom is 0.257 e. The van der Waals surface area contributed by atoms with Gasteiger partial charge in [0, 0.05) is 31.1 Å². The Morgan fingerprint density at radius 1 is 0.769 bits per heavy atom. The molecule has 0 radical (unpaired) electrons. The number of carbonyl (C=O) groups excluding carboxylic acids is 1. The van der Waals surface area contributed by atoms with Gasteiger partial charge in [0.25, 0.3) is 5.91 Å². The van der Waals surface area contributed by atoms with Crippen LogP contribution in [0.3, 0.4) is 0 Å². The Balaban J connectivity index is 1.21. The standard InChI is InChI=1S/C41H37F5N2O4/c1-24(27-9-4-3-5-10-27)48(2)22-32-20-33(28-16-14-25(23-49)15-17-28)52-41(51-32)31-13-7-12-30(19-31)29-11-6-8-26(18-29)21-47-40(50)34-35(42)37(44)39(46)38(45)36(34)43/h3-19,24,32-33,41,49H,20-23H2,1-2H3,(H,47,50)/t24-,32+,33-,41-/m0/s1. The lowest BCUT2D eigenvalue weighted by Crippen LogP contribution is -2.38. The Morgan fingerprint density at radius 3 is 2.08 bits per heavy atom. The maximum atomic E-state index is 14.2. The first-order valence-electron chi connectivity index (χ1n) is 16.8. The number of aliphatic hydroxyl groups excluding tert-OH is 1. The van der Waals surface area contributed by atoms with Gasteiger partial charge in [-0.3, -0.25) is 9.69 Å².